The second-order valence-electron chi connectivity index (χ2n) is 8.89. The number of amides is 2. The Bertz CT molecular complexity index is 1500. The maximum absolute atomic E-state index is 13.3. The smallest absolute Gasteiger partial charge is 0.329 e. The lowest BCUT2D eigenvalue weighted by molar-refractivity contribution is 0.0378. The summed E-state index contributed by atoms with van der Waals surface area (Å²) in [4.78, 5) is 37.0. The van der Waals surface area contributed by atoms with Gasteiger partial charge in [0.1, 0.15) is 11.6 Å². The molecule has 0 bridgehead atoms. The molecule has 0 saturated carbocycles. The fraction of sp³-hybridized carbons (Fsp3) is 0.308. The van der Waals surface area contributed by atoms with E-state index in [9.17, 15) is 9.59 Å². The number of nitrogens with zero attached hydrogens (tertiary/aromatic N) is 4. The molecule has 39 heavy (non-hydrogen) atoms. The summed E-state index contributed by atoms with van der Waals surface area (Å²) in [6.45, 7) is 7.23. The SMILES string of the molecule is Cc1nc2cc(NCCCN3CCOCC3)ccc2c(=O)n1-c1ccc(NC(=O)NSc2ccc(Cl)s2)cn1. The van der Waals surface area contributed by atoms with Gasteiger partial charge in [0.25, 0.3) is 5.56 Å². The van der Waals surface area contributed by atoms with Crippen LogP contribution < -0.4 is 20.9 Å². The number of fused-ring (bicyclic) bond motifs is 1. The lowest BCUT2D eigenvalue weighted by Gasteiger charge is -2.26. The molecule has 0 spiro atoms. The van der Waals surface area contributed by atoms with E-state index in [0.29, 0.717) is 32.6 Å². The van der Waals surface area contributed by atoms with E-state index in [1.807, 2.05) is 18.2 Å². The maximum Gasteiger partial charge on any atom is 0.329 e. The van der Waals surface area contributed by atoms with E-state index >= 15 is 0 Å². The fourth-order valence-corrected chi connectivity index (χ4v) is 6.09. The molecule has 3 aromatic heterocycles. The van der Waals surface area contributed by atoms with Gasteiger partial charge in [-0.25, -0.2) is 19.3 Å². The molecule has 204 valence electrons. The molecule has 5 rings (SSSR count). The van der Waals surface area contributed by atoms with Crippen molar-refractivity contribution in [2.45, 2.75) is 17.6 Å². The lowest BCUT2D eigenvalue weighted by atomic mass is 10.2. The molecule has 1 saturated heterocycles. The van der Waals surface area contributed by atoms with E-state index in [0.717, 1.165) is 55.7 Å². The number of pyridine rings is 1. The summed E-state index contributed by atoms with van der Waals surface area (Å²) in [5, 5.41) is 6.67. The summed E-state index contributed by atoms with van der Waals surface area (Å²) in [5.41, 5.74) is 1.85. The zero-order valence-electron chi connectivity index (χ0n) is 21.3. The van der Waals surface area contributed by atoms with Crippen molar-refractivity contribution in [2.24, 2.45) is 0 Å². The molecular weight excluding hydrogens is 558 g/mol. The molecule has 1 aliphatic rings. The first-order valence-corrected chi connectivity index (χ1v) is 14.5. The lowest BCUT2D eigenvalue weighted by Crippen LogP contribution is -2.37. The predicted octanol–water partition coefficient (Wildman–Crippen LogP) is 4.77. The topological polar surface area (TPSA) is 113 Å². The van der Waals surface area contributed by atoms with Gasteiger partial charge in [0.05, 0.1) is 44.5 Å². The molecular formula is C26H28ClN7O3S2. The first-order valence-electron chi connectivity index (χ1n) is 12.5. The Morgan fingerprint density at radius 3 is 2.72 bits per heavy atom. The first kappa shape index (κ1) is 27.4. The van der Waals surface area contributed by atoms with Crippen LogP contribution in [0.5, 0.6) is 0 Å². The van der Waals surface area contributed by atoms with Gasteiger partial charge in [-0.3, -0.25) is 14.4 Å². The third-order valence-corrected chi connectivity index (χ3v) is 8.30. The summed E-state index contributed by atoms with van der Waals surface area (Å²) in [6, 6.07) is 12.2. The Kier molecular flexibility index (Phi) is 8.99. The zero-order valence-corrected chi connectivity index (χ0v) is 23.7. The second-order valence-corrected chi connectivity index (χ2v) is 11.7. The maximum atomic E-state index is 13.3. The third-order valence-electron chi connectivity index (χ3n) is 6.15. The number of hydrogen-bond donors (Lipinski definition) is 3. The number of nitrogens with one attached hydrogen (secondary N) is 3. The van der Waals surface area contributed by atoms with Crippen molar-refractivity contribution in [3.8, 4) is 5.82 Å². The van der Waals surface area contributed by atoms with E-state index < -0.39 is 6.03 Å². The average Bonchev–Trinajstić information content (AvgIpc) is 3.36. The molecule has 10 nitrogen and oxygen atoms in total. The van der Waals surface area contributed by atoms with E-state index in [4.69, 9.17) is 16.3 Å². The molecule has 0 unspecified atom stereocenters. The largest absolute Gasteiger partial charge is 0.385 e. The summed E-state index contributed by atoms with van der Waals surface area (Å²) in [6.07, 6.45) is 2.52. The average molecular weight is 586 g/mol. The number of halogens is 1. The third kappa shape index (κ3) is 7.08. The van der Waals surface area contributed by atoms with E-state index in [1.165, 1.54) is 34.0 Å². The molecule has 13 heteroatoms. The summed E-state index contributed by atoms with van der Waals surface area (Å²) in [5.74, 6) is 0.944. The number of aromatic nitrogens is 3. The van der Waals surface area contributed by atoms with Gasteiger partial charge in [-0.2, -0.15) is 0 Å². The van der Waals surface area contributed by atoms with Crippen LogP contribution in [0.25, 0.3) is 16.7 Å². The monoisotopic (exact) mass is 585 g/mol. The molecule has 4 heterocycles. The second kappa shape index (κ2) is 12.8. The van der Waals surface area contributed by atoms with Gasteiger partial charge in [-0.15, -0.1) is 11.3 Å². The number of benzene rings is 1. The molecule has 1 fully saturated rings. The van der Waals surface area contributed by atoms with Crippen molar-refractivity contribution < 1.29 is 9.53 Å². The summed E-state index contributed by atoms with van der Waals surface area (Å²) >= 11 is 8.46. The molecule has 3 N–H and O–H groups in total. The Balaban J connectivity index is 1.21. The van der Waals surface area contributed by atoms with Gasteiger partial charge in [0.2, 0.25) is 0 Å². The summed E-state index contributed by atoms with van der Waals surface area (Å²) < 4.78 is 11.1. The van der Waals surface area contributed by atoms with Crippen LogP contribution >= 0.6 is 34.9 Å². The van der Waals surface area contributed by atoms with Crippen LogP contribution in [-0.4, -0.2) is 64.9 Å². The standard InChI is InChI=1S/C26H28ClN7O3S2/c1-17-30-21-15-18(28-9-2-10-33-11-13-37-14-12-33)3-5-20(21)25(35)34(17)23-7-4-19(16-29-23)31-26(36)32-39-24-8-6-22(27)38-24/h3-8,15-16,28H,2,9-14H2,1H3,(H2,31,32,36). The van der Waals surface area contributed by atoms with Crippen LogP contribution in [0.2, 0.25) is 4.34 Å². The van der Waals surface area contributed by atoms with Crippen molar-refractivity contribution in [3.05, 3.63) is 69.2 Å². The quantitative estimate of drug-likeness (QED) is 0.190. The fourth-order valence-electron chi connectivity index (χ4n) is 4.23. The van der Waals surface area contributed by atoms with Gasteiger partial charge in [-0.05, 0) is 74.3 Å². The van der Waals surface area contributed by atoms with Crippen LogP contribution in [-0.2, 0) is 4.74 Å². The number of morpholine rings is 1. The van der Waals surface area contributed by atoms with Crippen LogP contribution in [0, 0.1) is 6.92 Å². The highest BCUT2D eigenvalue weighted by molar-refractivity contribution is 7.99. The molecule has 0 radical (unpaired) electrons. The molecule has 0 aliphatic carbocycles. The first-order chi connectivity index (χ1) is 19.0. The molecule has 0 atom stereocenters. The number of urea groups is 1. The molecule has 2 amide bonds. The minimum Gasteiger partial charge on any atom is -0.385 e. The van der Waals surface area contributed by atoms with Gasteiger partial charge in [0, 0.05) is 25.3 Å². The number of carbonyl (C=O) groups is 1. The van der Waals surface area contributed by atoms with Crippen molar-refractivity contribution in [3.63, 3.8) is 0 Å². The Morgan fingerprint density at radius 2 is 1.97 bits per heavy atom. The Hall–Kier alpha value is -3.16. The number of rotatable bonds is 9. The minimum absolute atomic E-state index is 0.201. The van der Waals surface area contributed by atoms with Crippen LogP contribution in [0.3, 0.4) is 0 Å². The number of anilines is 2. The van der Waals surface area contributed by atoms with Crippen molar-refractivity contribution in [1.82, 2.24) is 24.2 Å². The molecule has 1 aromatic carbocycles. The normalized spacial score (nSPS) is 13.9. The van der Waals surface area contributed by atoms with Crippen molar-refractivity contribution in [2.75, 3.05) is 50.0 Å². The van der Waals surface area contributed by atoms with Crippen molar-refractivity contribution in [1.29, 1.82) is 0 Å². The number of thiophene rings is 1. The van der Waals surface area contributed by atoms with Gasteiger partial charge >= 0.3 is 6.03 Å². The highest BCUT2D eigenvalue weighted by Gasteiger charge is 2.13. The van der Waals surface area contributed by atoms with E-state index in [1.54, 1.807) is 31.2 Å². The van der Waals surface area contributed by atoms with Crippen LogP contribution in [0.15, 0.2) is 57.7 Å². The van der Waals surface area contributed by atoms with Gasteiger partial charge in [0.15, 0.2) is 0 Å². The molecule has 4 aromatic rings. The number of hydrogen-bond acceptors (Lipinski definition) is 9. The minimum atomic E-state index is -0.398. The van der Waals surface area contributed by atoms with Crippen LogP contribution in [0.4, 0.5) is 16.2 Å². The van der Waals surface area contributed by atoms with E-state index in [2.05, 4.69) is 30.2 Å². The number of ether oxygens (including phenoxy) is 1. The van der Waals surface area contributed by atoms with Crippen molar-refractivity contribution >= 4 is 63.2 Å². The van der Waals surface area contributed by atoms with Crippen LogP contribution in [0.1, 0.15) is 12.2 Å². The van der Waals surface area contributed by atoms with Gasteiger partial charge in [-0.1, -0.05) is 11.6 Å². The van der Waals surface area contributed by atoms with E-state index in [-0.39, 0.29) is 5.56 Å². The number of carbonyl (C=O) groups excluding carboxylic acids is 1. The molecule has 1 aliphatic heterocycles. The number of aryl methyl sites for hydroxylation is 1. The summed E-state index contributed by atoms with van der Waals surface area (Å²) in [7, 11) is 0. The highest BCUT2D eigenvalue weighted by Crippen LogP contribution is 2.28. The van der Waals surface area contributed by atoms with Gasteiger partial charge < -0.3 is 15.4 Å². The highest BCUT2D eigenvalue weighted by atomic mass is 35.5. The zero-order chi connectivity index (χ0) is 27.2. The Morgan fingerprint density at radius 1 is 1.15 bits per heavy atom. The predicted molar refractivity (Wildman–Crippen MR) is 158 cm³/mol. The Labute approximate surface area is 238 Å².